The number of fused-ring (bicyclic) bond motifs is 5. The molecule has 2 fully saturated rings. The van der Waals surface area contributed by atoms with Gasteiger partial charge < -0.3 is 14.9 Å². The minimum absolute atomic E-state index is 0.0722. The summed E-state index contributed by atoms with van der Waals surface area (Å²) in [7, 11) is 0. The molecule has 212 valence electrons. The van der Waals surface area contributed by atoms with E-state index in [0.29, 0.717) is 31.1 Å². The standard InChI is InChI=1S/C33H50O5/c1-19(2)20(3)10-11-22(29(36)37)25-18-28(38-21(4)34)33(9)24-12-13-26-30(5,6)27(35)15-16-31(26,7)23(24)14-17-32(25,33)8/h12,14,19,22,25-28,35H,3,10-11,13,15-18H2,1-2,4-9H3,(H,36,37). The number of ether oxygens (including phenoxy) is 1. The first-order chi connectivity index (χ1) is 17.5. The summed E-state index contributed by atoms with van der Waals surface area (Å²) in [6.45, 7) is 21.1. The maximum Gasteiger partial charge on any atom is 0.306 e. The van der Waals surface area contributed by atoms with Crippen LogP contribution in [0, 0.1) is 45.3 Å². The highest BCUT2D eigenvalue weighted by Gasteiger charge is 2.68. The molecule has 0 amide bonds. The molecular formula is C33H50O5. The van der Waals surface area contributed by atoms with Crippen LogP contribution < -0.4 is 0 Å². The number of esters is 1. The van der Waals surface area contributed by atoms with Gasteiger partial charge in [0.25, 0.3) is 0 Å². The summed E-state index contributed by atoms with van der Waals surface area (Å²) in [5.74, 6) is -1.08. The highest BCUT2D eigenvalue weighted by atomic mass is 16.5. The van der Waals surface area contributed by atoms with Crippen LogP contribution in [0.1, 0.15) is 100 Å². The zero-order valence-corrected chi connectivity index (χ0v) is 24.9. The first-order valence-corrected chi connectivity index (χ1v) is 14.7. The fourth-order valence-electron chi connectivity index (χ4n) is 9.15. The molecule has 0 aromatic carbocycles. The summed E-state index contributed by atoms with van der Waals surface area (Å²) >= 11 is 0. The highest BCUT2D eigenvalue weighted by molar-refractivity contribution is 5.71. The molecule has 0 heterocycles. The van der Waals surface area contributed by atoms with E-state index in [0.717, 1.165) is 31.3 Å². The topological polar surface area (TPSA) is 83.8 Å². The van der Waals surface area contributed by atoms with Crippen molar-refractivity contribution >= 4 is 11.9 Å². The summed E-state index contributed by atoms with van der Waals surface area (Å²) in [5, 5.41) is 21.3. The van der Waals surface area contributed by atoms with Gasteiger partial charge in [0.15, 0.2) is 0 Å². The number of aliphatic hydroxyl groups excluding tert-OH is 1. The van der Waals surface area contributed by atoms with Crippen molar-refractivity contribution in [1.29, 1.82) is 0 Å². The molecule has 0 saturated heterocycles. The number of carbonyl (C=O) groups is 2. The van der Waals surface area contributed by atoms with Gasteiger partial charge in [-0.05, 0) is 90.1 Å². The zero-order valence-electron chi connectivity index (χ0n) is 24.9. The number of aliphatic hydroxyl groups is 1. The molecule has 0 spiro atoms. The molecule has 2 N–H and O–H groups in total. The van der Waals surface area contributed by atoms with Gasteiger partial charge >= 0.3 is 11.9 Å². The maximum absolute atomic E-state index is 12.8. The second-order valence-electron chi connectivity index (χ2n) is 14.4. The van der Waals surface area contributed by atoms with Crippen molar-refractivity contribution in [2.75, 3.05) is 0 Å². The Balaban J connectivity index is 1.80. The minimum Gasteiger partial charge on any atom is -0.481 e. The van der Waals surface area contributed by atoms with Gasteiger partial charge in [-0.25, -0.2) is 0 Å². The van der Waals surface area contributed by atoms with Crippen LogP contribution in [0.4, 0.5) is 0 Å². The number of allylic oxidation sites excluding steroid dienone is 4. The van der Waals surface area contributed by atoms with E-state index in [4.69, 9.17) is 4.74 Å². The van der Waals surface area contributed by atoms with Crippen LogP contribution >= 0.6 is 0 Å². The molecule has 38 heavy (non-hydrogen) atoms. The quantitative estimate of drug-likeness (QED) is 0.273. The lowest BCUT2D eigenvalue weighted by Gasteiger charge is -2.61. The Labute approximate surface area is 229 Å². The molecule has 0 aromatic rings. The van der Waals surface area contributed by atoms with E-state index in [-0.39, 0.29) is 40.3 Å². The van der Waals surface area contributed by atoms with Gasteiger partial charge in [-0.3, -0.25) is 9.59 Å². The summed E-state index contributed by atoms with van der Waals surface area (Å²) in [4.78, 5) is 25.1. The normalized spacial score (nSPS) is 40.3. The third kappa shape index (κ3) is 4.14. The SMILES string of the molecule is C=C(CCC(C(=O)O)C1CC(OC(C)=O)C2(C)C3=CCC4C(C)(CCC(O)C4(C)C)C3=CCC12C)C(C)C. The summed E-state index contributed by atoms with van der Waals surface area (Å²) in [6, 6.07) is 0. The molecule has 5 heteroatoms. The Bertz CT molecular complexity index is 1070. The lowest BCUT2D eigenvalue weighted by Crippen LogP contribution is -2.56. The maximum atomic E-state index is 12.8. The first kappa shape index (κ1) is 29.1. The van der Waals surface area contributed by atoms with Crippen molar-refractivity contribution in [3.8, 4) is 0 Å². The van der Waals surface area contributed by atoms with Gasteiger partial charge in [0.2, 0.25) is 0 Å². The molecule has 4 aliphatic rings. The second-order valence-corrected chi connectivity index (χ2v) is 14.4. The van der Waals surface area contributed by atoms with E-state index in [1.165, 1.54) is 18.1 Å². The Kier molecular flexibility index (Phi) is 7.39. The summed E-state index contributed by atoms with van der Waals surface area (Å²) < 4.78 is 6.09. The number of carboxylic acids is 1. The van der Waals surface area contributed by atoms with E-state index < -0.39 is 17.3 Å². The van der Waals surface area contributed by atoms with E-state index in [1.807, 2.05) is 0 Å². The van der Waals surface area contributed by atoms with Crippen LogP contribution in [0.2, 0.25) is 0 Å². The third-order valence-electron chi connectivity index (χ3n) is 12.0. The molecule has 0 aromatic heterocycles. The van der Waals surface area contributed by atoms with E-state index in [9.17, 15) is 19.8 Å². The Morgan fingerprint density at radius 1 is 1.13 bits per heavy atom. The van der Waals surface area contributed by atoms with Gasteiger partial charge in [0.1, 0.15) is 6.10 Å². The highest BCUT2D eigenvalue weighted by Crippen LogP contribution is 2.72. The van der Waals surface area contributed by atoms with Crippen molar-refractivity contribution in [1.82, 2.24) is 0 Å². The van der Waals surface area contributed by atoms with Crippen LogP contribution in [0.25, 0.3) is 0 Å². The van der Waals surface area contributed by atoms with Crippen LogP contribution in [0.5, 0.6) is 0 Å². The van der Waals surface area contributed by atoms with E-state index in [2.05, 4.69) is 67.2 Å². The van der Waals surface area contributed by atoms with Crippen LogP contribution in [-0.4, -0.2) is 34.4 Å². The summed E-state index contributed by atoms with van der Waals surface area (Å²) in [6.07, 6.45) is 9.18. The molecule has 4 rings (SSSR count). The first-order valence-electron chi connectivity index (χ1n) is 14.7. The largest absolute Gasteiger partial charge is 0.481 e. The Morgan fingerprint density at radius 2 is 1.79 bits per heavy atom. The van der Waals surface area contributed by atoms with Gasteiger partial charge in [-0.15, -0.1) is 0 Å². The number of rotatable bonds is 7. The second kappa shape index (κ2) is 9.64. The predicted octanol–water partition coefficient (Wildman–Crippen LogP) is 7.11. The fourth-order valence-corrected chi connectivity index (χ4v) is 9.15. The average molecular weight is 527 g/mol. The molecule has 5 nitrogen and oxygen atoms in total. The van der Waals surface area contributed by atoms with Crippen molar-refractivity contribution in [2.24, 2.45) is 45.3 Å². The molecule has 0 aliphatic heterocycles. The lowest BCUT2D eigenvalue weighted by molar-refractivity contribution is -0.153. The van der Waals surface area contributed by atoms with Crippen molar-refractivity contribution in [3.05, 3.63) is 35.5 Å². The van der Waals surface area contributed by atoms with Crippen LogP contribution in [-0.2, 0) is 14.3 Å². The monoisotopic (exact) mass is 526 g/mol. The Morgan fingerprint density at radius 3 is 2.37 bits per heavy atom. The van der Waals surface area contributed by atoms with Gasteiger partial charge in [-0.1, -0.05) is 72.8 Å². The number of hydrogen-bond donors (Lipinski definition) is 2. The third-order valence-corrected chi connectivity index (χ3v) is 12.0. The van der Waals surface area contributed by atoms with Gasteiger partial charge in [-0.2, -0.15) is 0 Å². The molecule has 8 unspecified atom stereocenters. The van der Waals surface area contributed by atoms with Crippen molar-refractivity contribution < 1.29 is 24.5 Å². The minimum atomic E-state index is -0.763. The molecular weight excluding hydrogens is 476 g/mol. The fraction of sp³-hybridized carbons (Fsp3) is 0.758. The predicted molar refractivity (Wildman–Crippen MR) is 150 cm³/mol. The number of carboxylic acid groups (broad SMARTS) is 1. The molecule has 0 bridgehead atoms. The summed E-state index contributed by atoms with van der Waals surface area (Å²) in [5.41, 5.74) is 2.56. The van der Waals surface area contributed by atoms with Crippen molar-refractivity contribution in [2.45, 2.75) is 113 Å². The van der Waals surface area contributed by atoms with Crippen LogP contribution in [0.3, 0.4) is 0 Å². The molecule has 4 aliphatic carbocycles. The molecule has 0 radical (unpaired) electrons. The van der Waals surface area contributed by atoms with Crippen molar-refractivity contribution in [3.63, 3.8) is 0 Å². The molecule has 2 saturated carbocycles. The number of hydrogen-bond acceptors (Lipinski definition) is 4. The zero-order chi connectivity index (χ0) is 28.4. The van der Waals surface area contributed by atoms with E-state index >= 15 is 0 Å². The average Bonchev–Trinajstić information content (AvgIpc) is 3.03. The van der Waals surface area contributed by atoms with Gasteiger partial charge in [0, 0.05) is 12.3 Å². The smallest absolute Gasteiger partial charge is 0.306 e. The molecule has 8 atom stereocenters. The lowest BCUT2D eigenvalue weighted by atomic mass is 9.44. The Hall–Kier alpha value is -1.88. The number of aliphatic carboxylic acids is 1. The van der Waals surface area contributed by atoms with Gasteiger partial charge in [0.05, 0.1) is 12.0 Å². The van der Waals surface area contributed by atoms with Crippen LogP contribution in [0.15, 0.2) is 35.5 Å². The van der Waals surface area contributed by atoms with E-state index in [1.54, 1.807) is 0 Å². The number of carbonyl (C=O) groups excluding carboxylic acids is 1.